The summed E-state index contributed by atoms with van der Waals surface area (Å²) in [6.07, 6.45) is 7.47. The number of nitrogens with one attached hydrogen (secondary N) is 1. The lowest BCUT2D eigenvalue weighted by molar-refractivity contribution is 0.413. The van der Waals surface area contributed by atoms with Gasteiger partial charge in [0.25, 0.3) is 0 Å². The minimum atomic E-state index is 0.479. The van der Waals surface area contributed by atoms with E-state index in [1.807, 2.05) is 12.4 Å². The van der Waals surface area contributed by atoms with Crippen molar-refractivity contribution in [1.29, 1.82) is 0 Å². The maximum absolute atomic E-state index is 5.45. The molecule has 3 heteroatoms. The predicted molar refractivity (Wildman–Crippen MR) is 74.2 cm³/mol. The van der Waals surface area contributed by atoms with E-state index >= 15 is 0 Å². The summed E-state index contributed by atoms with van der Waals surface area (Å²) in [5.74, 6) is 0.986. The first-order chi connectivity index (χ1) is 8.86. The summed E-state index contributed by atoms with van der Waals surface area (Å²) in [7, 11) is 1.74. The van der Waals surface area contributed by atoms with Crippen LogP contribution in [0.15, 0.2) is 28.8 Å². The van der Waals surface area contributed by atoms with E-state index in [4.69, 9.17) is 4.74 Å². The molecule has 94 valence electrons. The molecule has 0 bridgehead atoms. The maximum Gasteiger partial charge on any atom is 0.126 e. The van der Waals surface area contributed by atoms with Crippen LogP contribution < -0.4 is 10.1 Å². The molecule has 0 radical (unpaired) electrons. The van der Waals surface area contributed by atoms with E-state index < -0.39 is 0 Å². The maximum atomic E-state index is 5.45. The molecule has 0 saturated heterocycles. The zero-order valence-electron chi connectivity index (χ0n) is 10.6. The fraction of sp³-hybridized carbons (Fsp3) is 0.400. The topological polar surface area (TPSA) is 33.6 Å². The summed E-state index contributed by atoms with van der Waals surface area (Å²) in [6, 6.07) is 6.78. The van der Waals surface area contributed by atoms with Crippen LogP contribution in [0, 0.1) is 0 Å². The number of fused-ring (bicyclic) bond motifs is 1. The second-order valence-corrected chi connectivity index (χ2v) is 4.90. The number of aryl methyl sites for hydroxylation is 1. The molecule has 1 atom stereocenters. The Morgan fingerprint density at radius 1 is 1.39 bits per heavy atom. The third-order valence-electron chi connectivity index (χ3n) is 3.68. The van der Waals surface area contributed by atoms with E-state index in [0.29, 0.717) is 6.04 Å². The molecule has 0 spiro atoms. The summed E-state index contributed by atoms with van der Waals surface area (Å²) in [6.45, 7) is 0.899. The van der Waals surface area contributed by atoms with Gasteiger partial charge in [0.15, 0.2) is 0 Å². The molecule has 1 N–H and O–H groups in total. The van der Waals surface area contributed by atoms with Gasteiger partial charge >= 0.3 is 0 Å². The SMILES string of the molecule is COc1cccc2c1C=C(C[C@@H]1CN=CN1)CC2. The average Bonchev–Trinajstić information content (AvgIpc) is 2.91. The minimum absolute atomic E-state index is 0.479. The number of nitrogens with zero attached hydrogens (tertiary/aromatic N) is 1. The highest BCUT2D eigenvalue weighted by Gasteiger charge is 2.18. The second-order valence-electron chi connectivity index (χ2n) is 4.90. The Bertz CT molecular complexity index is 497. The molecule has 1 aromatic rings. The lowest BCUT2D eigenvalue weighted by Gasteiger charge is -2.20. The van der Waals surface area contributed by atoms with Crippen molar-refractivity contribution in [2.75, 3.05) is 13.7 Å². The van der Waals surface area contributed by atoms with Gasteiger partial charge in [0.1, 0.15) is 5.75 Å². The smallest absolute Gasteiger partial charge is 0.126 e. The van der Waals surface area contributed by atoms with E-state index in [2.05, 4.69) is 28.5 Å². The van der Waals surface area contributed by atoms with Gasteiger partial charge in [-0.3, -0.25) is 4.99 Å². The van der Waals surface area contributed by atoms with Crippen LogP contribution in [0.4, 0.5) is 0 Å². The van der Waals surface area contributed by atoms with Gasteiger partial charge in [-0.25, -0.2) is 0 Å². The Balaban J connectivity index is 1.83. The number of ether oxygens (including phenoxy) is 1. The third kappa shape index (κ3) is 2.13. The highest BCUT2D eigenvalue weighted by molar-refractivity contribution is 5.66. The first kappa shape index (κ1) is 11.3. The van der Waals surface area contributed by atoms with Crippen molar-refractivity contribution in [2.24, 2.45) is 4.99 Å². The second kappa shape index (κ2) is 4.84. The summed E-state index contributed by atoms with van der Waals surface area (Å²) >= 11 is 0. The summed E-state index contributed by atoms with van der Waals surface area (Å²) in [4.78, 5) is 4.22. The molecule has 0 fully saturated rings. The van der Waals surface area contributed by atoms with E-state index in [0.717, 1.165) is 31.6 Å². The average molecular weight is 242 g/mol. The fourth-order valence-corrected chi connectivity index (χ4v) is 2.71. The van der Waals surface area contributed by atoms with Crippen LogP contribution in [-0.4, -0.2) is 26.0 Å². The van der Waals surface area contributed by atoms with Gasteiger partial charge in [0.2, 0.25) is 0 Å². The first-order valence-electron chi connectivity index (χ1n) is 6.46. The molecule has 0 amide bonds. The normalized spacial score (nSPS) is 21.2. The van der Waals surface area contributed by atoms with Crippen LogP contribution in [0.5, 0.6) is 5.75 Å². The lowest BCUT2D eigenvalue weighted by Crippen LogP contribution is -2.25. The van der Waals surface area contributed by atoms with E-state index in [-0.39, 0.29) is 0 Å². The molecule has 3 nitrogen and oxygen atoms in total. The van der Waals surface area contributed by atoms with E-state index in [1.165, 1.54) is 16.7 Å². The molecule has 0 aromatic heterocycles. The van der Waals surface area contributed by atoms with Crippen LogP contribution in [0.2, 0.25) is 0 Å². The molecule has 3 rings (SSSR count). The van der Waals surface area contributed by atoms with Crippen molar-refractivity contribution in [2.45, 2.75) is 25.3 Å². The number of aliphatic imine (C=N–C) groups is 1. The standard InChI is InChI=1S/C15H18N2O/c1-18-15-4-2-3-12-6-5-11(8-14(12)15)7-13-9-16-10-17-13/h2-4,8,10,13H,5-7,9H2,1H3,(H,16,17)/t13-/m1/s1. The molecule has 1 aliphatic carbocycles. The molecule has 1 heterocycles. The zero-order chi connectivity index (χ0) is 12.4. The van der Waals surface area contributed by atoms with E-state index in [1.54, 1.807) is 7.11 Å². The Morgan fingerprint density at radius 2 is 2.33 bits per heavy atom. The molecular weight excluding hydrogens is 224 g/mol. The molecule has 0 unspecified atom stereocenters. The number of rotatable bonds is 3. The first-order valence-corrected chi connectivity index (χ1v) is 6.46. The highest BCUT2D eigenvalue weighted by Crippen LogP contribution is 2.32. The molecule has 0 saturated carbocycles. The number of methoxy groups -OCH3 is 1. The third-order valence-corrected chi connectivity index (χ3v) is 3.68. The van der Waals surface area contributed by atoms with Crippen LogP contribution in [0.25, 0.3) is 6.08 Å². The number of hydrogen-bond donors (Lipinski definition) is 1. The van der Waals surface area contributed by atoms with Gasteiger partial charge in [0.05, 0.1) is 26.0 Å². The van der Waals surface area contributed by atoms with Crippen molar-refractivity contribution in [3.8, 4) is 5.75 Å². The fourth-order valence-electron chi connectivity index (χ4n) is 2.71. The van der Waals surface area contributed by atoms with Crippen molar-refractivity contribution < 1.29 is 4.74 Å². The van der Waals surface area contributed by atoms with Gasteiger partial charge in [-0.2, -0.15) is 0 Å². The van der Waals surface area contributed by atoms with Crippen molar-refractivity contribution in [3.05, 3.63) is 34.9 Å². The summed E-state index contributed by atoms with van der Waals surface area (Å²) in [5.41, 5.74) is 4.16. The van der Waals surface area contributed by atoms with E-state index in [9.17, 15) is 0 Å². The zero-order valence-corrected chi connectivity index (χ0v) is 10.6. The van der Waals surface area contributed by atoms with Crippen LogP contribution in [0.3, 0.4) is 0 Å². The molecule has 2 aliphatic rings. The van der Waals surface area contributed by atoms with Crippen molar-refractivity contribution in [1.82, 2.24) is 5.32 Å². The summed E-state index contributed by atoms with van der Waals surface area (Å²) < 4.78 is 5.45. The lowest BCUT2D eigenvalue weighted by atomic mass is 9.89. The quantitative estimate of drug-likeness (QED) is 0.883. The Labute approximate surface area is 108 Å². The Morgan fingerprint density at radius 3 is 3.11 bits per heavy atom. The predicted octanol–water partition coefficient (Wildman–Crippen LogP) is 2.42. The molecular formula is C15H18N2O. The monoisotopic (exact) mass is 242 g/mol. The van der Waals surface area contributed by atoms with Crippen molar-refractivity contribution >= 4 is 12.4 Å². The van der Waals surface area contributed by atoms with Crippen molar-refractivity contribution in [3.63, 3.8) is 0 Å². The van der Waals surface area contributed by atoms with Gasteiger partial charge in [-0.05, 0) is 30.9 Å². The largest absolute Gasteiger partial charge is 0.496 e. The summed E-state index contributed by atoms with van der Waals surface area (Å²) in [5, 5.41) is 3.29. The van der Waals surface area contributed by atoms with Gasteiger partial charge in [0, 0.05) is 5.56 Å². The number of benzene rings is 1. The minimum Gasteiger partial charge on any atom is -0.496 e. The number of hydrogen-bond acceptors (Lipinski definition) is 3. The molecule has 18 heavy (non-hydrogen) atoms. The van der Waals surface area contributed by atoms with Gasteiger partial charge in [-0.1, -0.05) is 23.8 Å². The molecule has 1 aliphatic heterocycles. The Hall–Kier alpha value is -1.77. The van der Waals surface area contributed by atoms with Gasteiger partial charge in [-0.15, -0.1) is 0 Å². The van der Waals surface area contributed by atoms with Crippen LogP contribution in [-0.2, 0) is 6.42 Å². The Kier molecular flexibility index (Phi) is 3.05. The molecule has 1 aromatic carbocycles. The van der Waals surface area contributed by atoms with Gasteiger partial charge < -0.3 is 10.1 Å². The van der Waals surface area contributed by atoms with Crippen LogP contribution >= 0.6 is 0 Å². The highest BCUT2D eigenvalue weighted by atomic mass is 16.5. The van der Waals surface area contributed by atoms with Crippen LogP contribution in [0.1, 0.15) is 24.0 Å².